The molecule has 0 N–H and O–H groups in total. The Hall–Kier alpha value is -3.03. The number of hydrogen-bond acceptors (Lipinski definition) is 6. The van der Waals surface area contributed by atoms with Gasteiger partial charge in [-0.3, -0.25) is 13.7 Å². The maximum Gasteiger partial charge on any atom is 0.268 e. The van der Waals surface area contributed by atoms with Crippen LogP contribution >= 0.6 is 11.5 Å². The third-order valence-electron chi connectivity index (χ3n) is 5.79. The Kier molecular flexibility index (Phi) is 5.78. The van der Waals surface area contributed by atoms with Crippen LogP contribution in [0.2, 0.25) is 0 Å². The van der Waals surface area contributed by atoms with Crippen molar-refractivity contribution in [3.8, 4) is 11.1 Å². The van der Waals surface area contributed by atoms with Crippen LogP contribution in [0.25, 0.3) is 21.2 Å². The topological polar surface area (TPSA) is 54.3 Å². The lowest BCUT2D eigenvalue weighted by Crippen LogP contribution is -2.47. The molecule has 7 heteroatoms. The molecule has 3 heterocycles. The van der Waals surface area contributed by atoms with E-state index in [1.54, 1.807) is 11.5 Å². The average Bonchev–Trinajstić information content (AvgIpc) is 3.16. The zero-order valence-electron chi connectivity index (χ0n) is 17.4. The lowest BCUT2D eigenvalue weighted by Gasteiger charge is -2.34. The van der Waals surface area contributed by atoms with Crippen molar-refractivity contribution in [2.45, 2.75) is 13.0 Å². The van der Waals surface area contributed by atoms with E-state index in [0.29, 0.717) is 0 Å². The molecule has 6 nitrogen and oxygen atoms in total. The zero-order valence-corrected chi connectivity index (χ0v) is 18.2. The monoisotopic (exact) mass is 431 g/mol. The highest BCUT2D eigenvalue weighted by molar-refractivity contribution is 7.13. The molecule has 0 atom stereocenters. The molecular formula is C24H25N5OS. The van der Waals surface area contributed by atoms with Crippen molar-refractivity contribution < 1.29 is 0 Å². The van der Waals surface area contributed by atoms with Gasteiger partial charge in [-0.1, -0.05) is 54.0 Å². The van der Waals surface area contributed by atoms with Crippen molar-refractivity contribution in [1.29, 1.82) is 0 Å². The van der Waals surface area contributed by atoms with Gasteiger partial charge in [0, 0.05) is 57.2 Å². The lowest BCUT2D eigenvalue weighted by atomic mass is 10.1. The van der Waals surface area contributed by atoms with Crippen molar-refractivity contribution in [2.24, 2.45) is 0 Å². The molecule has 0 aliphatic carbocycles. The Labute approximate surface area is 185 Å². The summed E-state index contributed by atoms with van der Waals surface area (Å²) in [5, 5.41) is 0.833. The second kappa shape index (κ2) is 8.99. The van der Waals surface area contributed by atoms with Crippen LogP contribution in [0, 0.1) is 0 Å². The van der Waals surface area contributed by atoms with Gasteiger partial charge in [0.05, 0.1) is 10.1 Å². The predicted octanol–water partition coefficient (Wildman–Crippen LogP) is 3.73. The van der Waals surface area contributed by atoms with Crippen LogP contribution in [-0.4, -0.2) is 51.5 Å². The molecule has 158 valence electrons. The predicted molar refractivity (Wildman–Crippen MR) is 127 cm³/mol. The van der Waals surface area contributed by atoms with E-state index < -0.39 is 0 Å². The van der Waals surface area contributed by atoms with Crippen molar-refractivity contribution in [3.63, 3.8) is 0 Å². The first-order chi connectivity index (χ1) is 15.3. The molecule has 0 spiro atoms. The van der Waals surface area contributed by atoms with Crippen molar-refractivity contribution in [2.75, 3.05) is 37.6 Å². The smallest absolute Gasteiger partial charge is 0.268 e. The molecule has 2 aromatic carbocycles. The fourth-order valence-corrected chi connectivity index (χ4v) is 5.07. The van der Waals surface area contributed by atoms with E-state index in [9.17, 15) is 4.79 Å². The van der Waals surface area contributed by atoms with E-state index >= 15 is 0 Å². The standard InChI is InChI=1S/C24H25N5OS/c30-23-21-9-4-5-10-22(21)31-29(23)12-6-11-27-13-15-28(16-14-27)24-25-17-20(18-26-24)19-7-2-1-3-8-19/h1-5,7-10,17-18H,6,11-16H2. The van der Waals surface area contributed by atoms with E-state index in [0.717, 1.165) is 72.9 Å². The third-order valence-corrected chi connectivity index (χ3v) is 6.91. The summed E-state index contributed by atoms with van der Waals surface area (Å²) in [6.45, 7) is 5.61. The molecule has 1 aliphatic heterocycles. The first-order valence-electron chi connectivity index (χ1n) is 10.7. The molecule has 0 unspecified atom stereocenters. The lowest BCUT2D eigenvalue weighted by molar-refractivity contribution is 0.250. The average molecular weight is 432 g/mol. The van der Waals surface area contributed by atoms with E-state index in [1.165, 1.54) is 0 Å². The van der Waals surface area contributed by atoms with E-state index in [-0.39, 0.29) is 5.56 Å². The molecule has 1 saturated heterocycles. The van der Waals surface area contributed by atoms with Gasteiger partial charge in [-0.05, 0) is 24.1 Å². The first-order valence-corrected chi connectivity index (χ1v) is 11.5. The van der Waals surface area contributed by atoms with E-state index in [2.05, 4.69) is 31.9 Å². The summed E-state index contributed by atoms with van der Waals surface area (Å²) in [5.41, 5.74) is 2.32. The summed E-state index contributed by atoms with van der Waals surface area (Å²) >= 11 is 1.57. The minimum Gasteiger partial charge on any atom is -0.338 e. The number of nitrogens with zero attached hydrogens (tertiary/aromatic N) is 5. The number of rotatable bonds is 6. The second-order valence-electron chi connectivity index (χ2n) is 7.81. The van der Waals surface area contributed by atoms with Gasteiger partial charge in [0.15, 0.2) is 0 Å². The maximum absolute atomic E-state index is 12.5. The van der Waals surface area contributed by atoms with Gasteiger partial charge in [-0.2, -0.15) is 0 Å². The fourth-order valence-electron chi connectivity index (χ4n) is 4.04. The molecule has 1 aliphatic rings. The van der Waals surface area contributed by atoms with Crippen LogP contribution in [-0.2, 0) is 6.54 Å². The summed E-state index contributed by atoms with van der Waals surface area (Å²) < 4.78 is 2.96. The molecule has 1 fully saturated rings. The molecule has 0 bridgehead atoms. The summed E-state index contributed by atoms with van der Waals surface area (Å²) in [6.07, 6.45) is 4.80. The number of anilines is 1. The minimum absolute atomic E-state index is 0.140. The van der Waals surface area contributed by atoms with Gasteiger partial charge in [0.1, 0.15) is 0 Å². The van der Waals surface area contributed by atoms with Crippen LogP contribution < -0.4 is 10.5 Å². The Balaban J connectivity index is 1.12. The Morgan fingerprint density at radius 2 is 1.52 bits per heavy atom. The van der Waals surface area contributed by atoms with Gasteiger partial charge < -0.3 is 4.90 Å². The largest absolute Gasteiger partial charge is 0.338 e. The Bertz CT molecular complexity index is 1190. The molecule has 0 saturated carbocycles. The molecule has 0 amide bonds. The van der Waals surface area contributed by atoms with Crippen LogP contribution in [0.1, 0.15) is 6.42 Å². The number of benzene rings is 2. The minimum atomic E-state index is 0.140. The number of hydrogen-bond donors (Lipinski definition) is 0. The van der Waals surface area contributed by atoms with Crippen molar-refractivity contribution in [3.05, 3.63) is 77.3 Å². The quantitative estimate of drug-likeness (QED) is 0.466. The molecule has 2 aromatic heterocycles. The highest BCUT2D eigenvalue weighted by atomic mass is 32.1. The van der Waals surface area contributed by atoms with Gasteiger partial charge in [-0.25, -0.2) is 9.97 Å². The van der Waals surface area contributed by atoms with Gasteiger partial charge in [0.25, 0.3) is 5.56 Å². The summed E-state index contributed by atoms with van der Waals surface area (Å²) in [7, 11) is 0. The first kappa shape index (κ1) is 19.9. The Morgan fingerprint density at radius 3 is 2.26 bits per heavy atom. The molecule has 31 heavy (non-hydrogen) atoms. The normalized spacial score (nSPS) is 14.9. The number of piperazine rings is 1. The number of aromatic nitrogens is 3. The second-order valence-corrected chi connectivity index (χ2v) is 8.88. The van der Waals surface area contributed by atoms with Gasteiger partial charge in [0.2, 0.25) is 5.95 Å². The molecule has 4 aromatic rings. The van der Waals surface area contributed by atoms with Crippen LogP contribution in [0.15, 0.2) is 71.8 Å². The van der Waals surface area contributed by atoms with E-state index in [4.69, 9.17) is 0 Å². The number of fused-ring (bicyclic) bond motifs is 1. The number of aryl methyl sites for hydroxylation is 1. The summed E-state index contributed by atoms with van der Waals surface area (Å²) in [6, 6.07) is 18.1. The van der Waals surface area contributed by atoms with E-state index in [1.807, 2.05) is 58.8 Å². The molecular weight excluding hydrogens is 406 g/mol. The van der Waals surface area contributed by atoms with Crippen molar-refractivity contribution in [1.82, 2.24) is 18.8 Å². The summed E-state index contributed by atoms with van der Waals surface area (Å²) in [5.74, 6) is 0.802. The van der Waals surface area contributed by atoms with Crippen LogP contribution in [0.5, 0.6) is 0 Å². The van der Waals surface area contributed by atoms with Gasteiger partial charge >= 0.3 is 0 Å². The highest BCUT2D eigenvalue weighted by Crippen LogP contribution is 2.19. The van der Waals surface area contributed by atoms with Crippen LogP contribution in [0.4, 0.5) is 5.95 Å². The molecule has 5 rings (SSSR count). The third kappa shape index (κ3) is 4.38. The zero-order chi connectivity index (χ0) is 21.0. The Morgan fingerprint density at radius 1 is 0.806 bits per heavy atom. The molecule has 0 radical (unpaired) electrons. The maximum atomic E-state index is 12.5. The van der Waals surface area contributed by atoms with Gasteiger partial charge in [-0.15, -0.1) is 0 Å². The SMILES string of the molecule is O=c1c2ccccc2sn1CCCN1CCN(c2ncc(-c3ccccc3)cn2)CC1. The van der Waals surface area contributed by atoms with Crippen LogP contribution in [0.3, 0.4) is 0 Å². The fraction of sp³-hybridized carbons (Fsp3) is 0.292. The van der Waals surface area contributed by atoms with Crippen molar-refractivity contribution >= 4 is 27.6 Å². The highest BCUT2D eigenvalue weighted by Gasteiger charge is 2.19. The summed E-state index contributed by atoms with van der Waals surface area (Å²) in [4.78, 5) is 26.4.